The van der Waals surface area contributed by atoms with Crippen molar-refractivity contribution in [3.8, 4) is 23.2 Å². The molecule has 152 valence electrons. The smallest absolute Gasteiger partial charge is 0.417 e. The van der Waals surface area contributed by atoms with E-state index >= 15 is 0 Å². The molecular weight excluding hydrogens is 395 g/mol. The van der Waals surface area contributed by atoms with Gasteiger partial charge in [-0.05, 0) is 25.1 Å². The lowest BCUT2D eigenvalue weighted by Gasteiger charge is -2.15. The molecule has 0 saturated heterocycles. The van der Waals surface area contributed by atoms with Crippen LogP contribution < -0.4 is 10.1 Å². The molecule has 0 bridgehead atoms. The van der Waals surface area contributed by atoms with E-state index in [0.717, 1.165) is 11.6 Å². The maximum Gasteiger partial charge on any atom is 0.417 e. The van der Waals surface area contributed by atoms with Crippen LogP contribution >= 0.6 is 0 Å². The lowest BCUT2D eigenvalue weighted by atomic mass is 10.0. The zero-order valence-electron chi connectivity index (χ0n) is 15.8. The van der Waals surface area contributed by atoms with Gasteiger partial charge in [0.1, 0.15) is 11.6 Å². The lowest BCUT2D eigenvalue weighted by molar-refractivity contribution is -0.137. The number of aromatic nitrogens is 1. The van der Waals surface area contributed by atoms with Gasteiger partial charge in [-0.25, -0.2) is 4.98 Å². The zero-order valence-corrected chi connectivity index (χ0v) is 15.8. The number of alkyl halides is 3. The monoisotopic (exact) mass is 411 g/mol. The molecule has 8 heteroatoms. The van der Waals surface area contributed by atoms with Crippen molar-refractivity contribution in [1.82, 2.24) is 4.98 Å². The number of hydrogen-bond acceptors (Lipinski definition) is 4. The second kappa shape index (κ2) is 8.66. The van der Waals surface area contributed by atoms with Crippen molar-refractivity contribution in [1.29, 1.82) is 5.26 Å². The van der Waals surface area contributed by atoms with E-state index in [1.54, 1.807) is 54.6 Å². The number of carbonyl (C=O) groups excluding carboxylic acids is 1. The highest BCUT2D eigenvalue weighted by molar-refractivity contribution is 5.91. The summed E-state index contributed by atoms with van der Waals surface area (Å²) >= 11 is 0. The normalized spacial score (nSPS) is 10.9. The molecule has 5 nitrogen and oxygen atoms in total. The summed E-state index contributed by atoms with van der Waals surface area (Å²) in [5.41, 5.74) is -0.0309. The van der Waals surface area contributed by atoms with E-state index in [0.29, 0.717) is 11.3 Å². The molecule has 0 radical (unpaired) electrons. The molecule has 1 N–H and O–H groups in total. The van der Waals surface area contributed by atoms with Gasteiger partial charge in [0.25, 0.3) is 5.91 Å². The fourth-order valence-electron chi connectivity index (χ4n) is 2.68. The molecule has 3 aromatic rings. The third-order valence-electron chi connectivity index (χ3n) is 4.15. The highest BCUT2D eigenvalue weighted by atomic mass is 19.4. The van der Waals surface area contributed by atoms with Gasteiger partial charge in [0, 0.05) is 11.3 Å². The summed E-state index contributed by atoms with van der Waals surface area (Å²) in [4.78, 5) is 16.2. The molecule has 1 aromatic heterocycles. The second-order valence-corrected chi connectivity index (χ2v) is 6.41. The first-order chi connectivity index (χ1) is 14.3. The Morgan fingerprint density at radius 2 is 1.80 bits per heavy atom. The van der Waals surface area contributed by atoms with Gasteiger partial charge < -0.3 is 10.1 Å². The minimum absolute atomic E-state index is 0.0177. The molecule has 30 heavy (non-hydrogen) atoms. The minimum atomic E-state index is -4.79. The Morgan fingerprint density at radius 3 is 2.40 bits per heavy atom. The van der Waals surface area contributed by atoms with Crippen molar-refractivity contribution in [3.63, 3.8) is 0 Å². The van der Waals surface area contributed by atoms with Gasteiger partial charge in [-0.1, -0.05) is 48.0 Å². The highest BCUT2D eigenvalue weighted by Gasteiger charge is 2.36. The first-order valence-corrected chi connectivity index (χ1v) is 8.85. The molecule has 0 atom stereocenters. The van der Waals surface area contributed by atoms with Crippen molar-refractivity contribution in [2.45, 2.75) is 13.1 Å². The Balaban J connectivity index is 1.89. The average molecular weight is 411 g/mol. The number of pyridine rings is 1. The number of anilines is 1. The summed E-state index contributed by atoms with van der Waals surface area (Å²) in [6, 6.07) is 17.4. The van der Waals surface area contributed by atoms with E-state index < -0.39 is 35.7 Å². The van der Waals surface area contributed by atoms with Crippen LogP contribution in [0, 0.1) is 18.3 Å². The van der Waals surface area contributed by atoms with Crippen LogP contribution in [0.4, 0.5) is 18.9 Å². The Morgan fingerprint density at radius 1 is 1.13 bits per heavy atom. The van der Waals surface area contributed by atoms with Gasteiger partial charge in [-0.3, -0.25) is 4.79 Å². The Hall–Kier alpha value is -3.86. The number of aryl methyl sites for hydroxylation is 1. The van der Waals surface area contributed by atoms with Crippen molar-refractivity contribution >= 4 is 11.6 Å². The van der Waals surface area contributed by atoms with E-state index in [1.165, 1.54) is 6.07 Å². The molecule has 2 aromatic carbocycles. The number of carbonyl (C=O) groups is 1. The van der Waals surface area contributed by atoms with Crippen LogP contribution in [0.2, 0.25) is 0 Å². The van der Waals surface area contributed by atoms with E-state index in [-0.39, 0.29) is 5.69 Å². The van der Waals surface area contributed by atoms with Crippen LogP contribution in [-0.2, 0) is 11.0 Å². The third-order valence-corrected chi connectivity index (χ3v) is 4.15. The summed E-state index contributed by atoms with van der Waals surface area (Å²) in [5.74, 6) is -1.14. The summed E-state index contributed by atoms with van der Waals surface area (Å²) in [6.07, 6.45) is -4.79. The summed E-state index contributed by atoms with van der Waals surface area (Å²) in [7, 11) is 0. The van der Waals surface area contributed by atoms with Gasteiger partial charge >= 0.3 is 6.18 Å². The van der Waals surface area contributed by atoms with Crippen molar-refractivity contribution in [2.24, 2.45) is 0 Å². The molecule has 1 heterocycles. The maximum absolute atomic E-state index is 13.5. The summed E-state index contributed by atoms with van der Waals surface area (Å²) in [5, 5.41) is 11.9. The van der Waals surface area contributed by atoms with E-state index in [4.69, 9.17) is 4.74 Å². The molecule has 1 amide bonds. The number of hydrogen-bond donors (Lipinski definition) is 1. The van der Waals surface area contributed by atoms with Crippen LogP contribution in [0.1, 0.15) is 16.7 Å². The number of amides is 1. The largest absolute Gasteiger partial charge is 0.467 e. The van der Waals surface area contributed by atoms with E-state index in [1.807, 2.05) is 6.92 Å². The lowest BCUT2D eigenvalue weighted by Crippen LogP contribution is -2.21. The molecule has 0 spiro atoms. The Labute approximate surface area is 170 Å². The Bertz CT molecular complexity index is 1090. The van der Waals surface area contributed by atoms with Crippen molar-refractivity contribution in [3.05, 3.63) is 77.4 Å². The van der Waals surface area contributed by atoms with Crippen LogP contribution in [0.3, 0.4) is 0 Å². The number of benzene rings is 2. The van der Waals surface area contributed by atoms with Crippen LogP contribution in [0.5, 0.6) is 5.88 Å². The van der Waals surface area contributed by atoms with E-state index in [9.17, 15) is 23.2 Å². The zero-order chi connectivity index (χ0) is 21.7. The fourth-order valence-corrected chi connectivity index (χ4v) is 2.68. The van der Waals surface area contributed by atoms with Gasteiger partial charge in [0.05, 0.1) is 11.3 Å². The predicted molar refractivity (Wildman–Crippen MR) is 105 cm³/mol. The van der Waals surface area contributed by atoms with Crippen LogP contribution in [-0.4, -0.2) is 17.5 Å². The third kappa shape index (κ3) is 4.94. The van der Waals surface area contributed by atoms with Gasteiger partial charge in [-0.2, -0.15) is 18.4 Å². The van der Waals surface area contributed by atoms with Crippen molar-refractivity contribution < 1.29 is 22.7 Å². The molecule has 3 rings (SSSR count). The first kappa shape index (κ1) is 20.9. The van der Waals surface area contributed by atoms with Crippen molar-refractivity contribution in [2.75, 3.05) is 11.9 Å². The number of halogens is 3. The predicted octanol–water partition coefficient (Wildman–Crippen LogP) is 4.97. The summed E-state index contributed by atoms with van der Waals surface area (Å²) < 4.78 is 45.8. The molecular formula is C22H16F3N3O2. The number of nitrogens with one attached hydrogen (secondary N) is 1. The number of ether oxygens (including phenoxy) is 1. The van der Waals surface area contributed by atoms with Crippen LogP contribution in [0.25, 0.3) is 11.3 Å². The average Bonchev–Trinajstić information content (AvgIpc) is 2.73. The molecule has 0 unspecified atom stereocenters. The molecule has 0 fully saturated rings. The summed E-state index contributed by atoms with van der Waals surface area (Å²) in [6.45, 7) is 1.28. The van der Waals surface area contributed by atoms with E-state index in [2.05, 4.69) is 10.3 Å². The van der Waals surface area contributed by atoms with Crippen LogP contribution in [0.15, 0.2) is 60.7 Å². The minimum Gasteiger partial charge on any atom is -0.467 e. The van der Waals surface area contributed by atoms with Gasteiger partial charge in [-0.15, -0.1) is 0 Å². The fraction of sp³-hybridized carbons (Fsp3) is 0.136. The first-order valence-electron chi connectivity index (χ1n) is 8.85. The van der Waals surface area contributed by atoms with Gasteiger partial charge in [0.2, 0.25) is 5.88 Å². The highest BCUT2D eigenvalue weighted by Crippen LogP contribution is 2.37. The number of nitrogens with zero attached hydrogens (tertiary/aromatic N) is 2. The Kier molecular flexibility index (Phi) is 6.02. The topological polar surface area (TPSA) is 75.0 Å². The SMILES string of the molecule is Cc1ccc(NC(=O)COc2nc(-c3ccccc3)cc(C(F)(F)F)c2C#N)cc1. The molecule has 0 aliphatic heterocycles. The number of rotatable bonds is 5. The standard InChI is InChI=1S/C22H16F3N3O2/c1-14-7-9-16(10-8-14)27-20(29)13-30-21-17(12-26)18(22(23,24)25)11-19(28-21)15-5-3-2-4-6-15/h2-11H,13H2,1H3,(H,27,29). The van der Waals surface area contributed by atoms with Gasteiger partial charge in [0.15, 0.2) is 6.61 Å². The second-order valence-electron chi connectivity index (χ2n) is 6.41. The molecule has 0 aliphatic carbocycles. The molecule has 0 saturated carbocycles. The quantitative estimate of drug-likeness (QED) is 0.644. The maximum atomic E-state index is 13.5. The number of nitriles is 1. The molecule has 0 aliphatic rings.